The van der Waals surface area contributed by atoms with E-state index in [1.165, 1.54) is 0 Å². The first-order valence-corrected chi connectivity index (χ1v) is 3.16. The Morgan fingerprint density at radius 1 is 1.60 bits per heavy atom. The summed E-state index contributed by atoms with van der Waals surface area (Å²) < 4.78 is 0. The summed E-state index contributed by atoms with van der Waals surface area (Å²) in [5.41, 5.74) is 9.95. The molecule has 0 aliphatic carbocycles. The molecule has 0 aromatic heterocycles. The van der Waals surface area contributed by atoms with Gasteiger partial charge in [-0.25, -0.2) is 0 Å². The summed E-state index contributed by atoms with van der Waals surface area (Å²) >= 11 is 0. The van der Waals surface area contributed by atoms with Crippen LogP contribution in [-0.2, 0) is 0 Å². The van der Waals surface area contributed by atoms with Crippen molar-refractivity contribution in [2.45, 2.75) is 13.8 Å². The summed E-state index contributed by atoms with van der Waals surface area (Å²) in [5.74, 6) is 0. The molecule has 0 saturated heterocycles. The summed E-state index contributed by atoms with van der Waals surface area (Å²) in [6.45, 7) is 7.47. The van der Waals surface area contributed by atoms with Gasteiger partial charge in [-0.05, 0) is 37.6 Å². The quantitative estimate of drug-likeness (QED) is 0.455. The zero-order valence-electron chi connectivity index (χ0n) is 6.52. The molecule has 0 fully saturated rings. The number of hydrogen-bond donors (Lipinski definition) is 1. The van der Waals surface area contributed by atoms with E-state index in [4.69, 9.17) is 5.73 Å². The molecule has 0 bridgehead atoms. The third-order valence-electron chi connectivity index (χ3n) is 0.848. The standard InChI is InChI=1S/C9H13N/c1-4-5-6-8(2)7-9(3)10/h4,6-7H,2,10H2,1,3H3/b9-7+. The van der Waals surface area contributed by atoms with Gasteiger partial charge in [-0.15, -0.1) is 5.73 Å². The summed E-state index contributed by atoms with van der Waals surface area (Å²) in [6.07, 6.45) is 5.41. The van der Waals surface area contributed by atoms with E-state index in [2.05, 4.69) is 12.3 Å². The fourth-order valence-electron chi connectivity index (χ4n) is 0.524. The van der Waals surface area contributed by atoms with Crippen LogP contribution in [0.3, 0.4) is 0 Å². The zero-order valence-corrected chi connectivity index (χ0v) is 6.52. The van der Waals surface area contributed by atoms with Gasteiger partial charge in [-0.3, -0.25) is 0 Å². The van der Waals surface area contributed by atoms with E-state index >= 15 is 0 Å². The third-order valence-corrected chi connectivity index (χ3v) is 0.848. The van der Waals surface area contributed by atoms with Gasteiger partial charge < -0.3 is 5.73 Å². The molecule has 0 saturated carbocycles. The number of hydrogen-bond acceptors (Lipinski definition) is 1. The van der Waals surface area contributed by atoms with Crippen molar-refractivity contribution in [3.8, 4) is 0 Å². The van der Waals surface area contributed by atoms with Gasteiger partial charge in [0.1, 0.15) is 0 Å². The molecule has 0 radical (unpaired) electrons. The van der Waals surface area contributed by atoms with Crippen molar-refractivity contribution in [1.82, 2.24) is 0 Å². The molecule has 0 unspecified atom stereocenters. The van der Waals surface area contributed by atoms with Crippen LogP contribution in [0.5, 0.6) is 0 Å². The molecule has 0 spiro atoms. The van der Waals surface area contributed by atoms with E-state index in [1.807, 2.05) is 19.9 Å². The smallest absolute Gasteiger partial charge is 0.00548 e. The topological polar surface area (TPSA) is 26.0 Å². The van der Waals surface area contributed by atoms with Gasteiger partial charge in [0.15, 0.2) is 0 Å². The second kappa shape index (κ2) is 4.66. The minimum absolute atomic E-state index is 0.763. The second-order valence-electron chi connectivity index (χ2n) is 2.06. The Morgan fingerprint density at radius 3 is 2.60 bits per heavy atom. The molecule has 1 nitrogen and oxygen atoms in total. The number of allylic oxidation sites excluding steroid dienone is 4. The molecule has 0 aliphatic rings. The monoisotopic (exact) mass is 135 g/mol. The predicted octanol–water partition coefficient (Wildman–Crippen LogP) is 2.14. The zero-order chi connectivity index (χ0) is 7.98. The lowest BCUT2D eigenvalue weighted by Gasteiger charge is -1.88. The first kappa shape index (κ1) is 8.80. The van der Waals surface area contributed by atoms with Crippen LogP contribution in [0.4, 0.5) is 0 Å². The summed E-state index contributed by atoms with van der Waals surface area (Å²) in [7, 11) is 0. The normalized spacial score (nSPS) is 10.0. The van der Waals surface area contributed by atoms with Crippen LogP contribution in [0.25, 0.3) is 0 Å². The molecule has 0 rings (SSSR count). The van der Waals surface area contributed by atoms with E-state index in [1.54, 1.807) is 12.2 Å². The van der Waals surface area contributed by atoms with Gasteiger partial charge in [0.25, 0.3) is 0 Å². The molecule has 54 valence electrons. The van der Waals surface area contributed by atoms with Crippen molar-refractivity contribution in [3.05, 3.63) is 41.8 Å². The maximum atomic E-state index is 5.41. The van der Waals surface area contributed by atoms with Gasteiger partial charge in [-0.1, -0.05) is 6.58 Å². The van der Waals surface area contributed by atoms with Crippen LogP contribution in [-0.4, -0.2) is 0 Å². The Morgan fingerprint density at radius 2 is 2.20 bits per heavy atom. The molecular weight excluding hydrogens is 122 g/mol. The Labute approximate surface area is 62.2 Å². The van der Waals surface area contributed by atoms with E-state index in [9.17, 15) is 0 Å². The lowest BCUT2D eigenvalue weighted by atomic mass is 10.2. The first-order chi connectivity index (χ1) is 4.66. The maximum Gasteiger partial charge on any atom is 0.00548 e. The lowest BCUT2D eigenvalue weighted by Crippen LogP contribution is -1.89. The fraction of sp³-hybridized carbons (Fsp3) is 0.222. The van der Waals surface area contributed by atoms with E-state index in [0.29, 0.717) is 0 Å². The molecule has 0 aromatic carbocycles. The maximum absolute atomic E-state index is 5.41. The summed E-state index contributed by atoms with van der Waals surface area (Å²) in [4.78, 5) is 0. The molecule has 0 aromatic rings. The molecule has 2 N–H and O–H groups in total. The Kier molecular flexibility index (Phi) is 4.10. The van der Waals surface area contributed by atoms with Gasteiger partial charge in [0.2, 0.25) is 0 Å². The predicted molar refractivity (Wildman–Crippen MR) is 45.4 cm³/mol. The SMILES string of the molecule is C=C(C=C=CC)/C=C(\C)N. The van der Waals surface area contributed by atoms with Crippen LogP contribution in [0.1, 0.15) is 13.8 Å². The average Bonchev–Trinajstić information content (AvgIpc) is 1.82. The van der Waals surface area contributed by atoms with Crippen molar-refractivity contribution < 1.29 is 0 Å². The highest BCUT2D eigenvalue weighted by atomic mass is 14.5. The third kappa shape index (κ3) is 4.95. The van der Waals surface area contributed by atoms with Crippen molar-refractivity contribution >= 4 is 0 Å². The molecule has 0 amide bonds. The van der Waals surface area contributed by atoms with Gasteiger partial charge in [0, 0.05) is 5.70 Å². The molecule has 10 heavy (non-hydrogen) atoms. The van der Waals surface area contributed by atoms with Crippen LogP contribution >= 0.6 is 0 Å². The van der Waals surface area contributed by atoms with Crippen molar-refractivity contribution in [1.29, 1.82) is 0 Å². The van der Waals surface area contributed by atoms with Crippen LogP contribution < -0.4 is 5.73 Å². The lowest BCUT2D eigenvalue weighted by molar-refractivity contribution is 1.31. The largest absolute Gasteiger partial charge is 0.402 e. The fourth-order valence-corrected chi connectivity index (χ4v) is 0.524. The van der Waals surface area contributed by atoms with E-state index in [-0.39, 0.29) is 0 Å². The van der Waals surface area contributed by atoms with Gasteiger partial charge in [0.05, 0.1) is 0 Å². The van der Waals surface area contributed by atoms with Crippen molar-refractivity contribution in [2.75, 3.05) is 0 Å². The van der Waals surface area contributed by atoms with Gasteiger partial charge >= 0.3 is 0 Å². The minimum Gasteiger partial charge on any atom is -0.402 e. The van der Waals surface area contributed by atoms with Crippen LogP contribution in [0.15, 0.2) is 41.8 Å². The van der Waals surface area contributed by atoms with Crippen LogP contribution in [0.2, 0.25) is 0 Å². The Bertz CT molecular complexity index is 199. The molecule has 0 atom stereocenters. The highest BCUT2D eigenvalue weighted by Crippen LogP contribution is 1.95. The number of rotatable bonds is 2. The highest BCUT2D eigenvalue weighted by molar-refractivity contribution is 5.28. The first-order valence-electron chi connectivity index (χ1n) is 3.16. The average molecular weight is 135 g/mol. The van der Waals surface area contributed by atoms with Crippen molar-refractivity contribution in [3.63, 3.8) is 0 Å². The Hall–Kier alpha value is -1.20. The summed E-state index contributed by atoms with van der Waals surface area (Å²) in [6, 6.07) is 0. The number of nitrogens with two attached hydrogens (primary N) is 1. The summed E-state index contributed by atoms with van der Waals surface area (Å²) in [5, 5.41) is 0. The Balaban J connectivity index is 4.14. The molecule has 0 heterocycles. The van der Waals surface area contributed by atoms with Crippen LogP contribution in [0, 0.1) is 0 Å². The second-order valence-corrected chi connectivity index (χ2v) is 2.06. The molecular formula is C9H13N. The molecule has 1 heteroatoms. The minimum atomic E-state index is 0.763. The molecule has 0 aliphatic heterocycles. The van der Waals surface area contributed by atoms with Gasteiger partial charge in [-0.2, -0.15) is 0 Å². The highest BCUT2D eigenvalue weighted by Gasteiger charge is 1.79. The van der Waals surface area contributed by atoms with E-state index in [0.717, 1.165) is 11.3 Å². The van der Waals surface area contributed by atoms with Crippen molar-refractivity contribution in [2.24, 2.45) is 5.73 Å². The van der Waals surface area contributed by atoms with E-state index < -0.39 is 0 Å².